The Kier molecular flexibility index (Phi) is 30.3. The molecule has 0 atom stereocenters. The largest absolute Gasteiger partial charge is 0.102 e. The van der Waals surface area contributed by atoms with Gasteiger partial charge in [0.2, 0.25) is 0 Å². The van der Waals surface area contributed by atoms with E-state index in [0.29, 0.717) is 0 Å². The van der Waals surface area contributed by atoms with Gasteiger partial charge in [0.05, 0.1) is 31.7 Å². The summed E-state index contributed by atoms with van der Waals surface area (Å²) in [5, 5.41) is 17.2. The van der Waals surface area contributed by atoms with E-state index in [0.717, 1.165) is 0 Å². The molecule has 80 heavy (non-hydrogen) atoms. The second-order valence-corrected chi connectivity index (χ2v) is 27.8. The van der Waals surface area contributed by atoms with E-state index in [1.165, 1.54) is 63.7 Å². The van der Waals surface area contributed by atoms with Crippen molar-refractivity contribution < 1.29 is 42.1 Å². The van der Waals surface area contributed by atoms with Crippen LogP contribution >= 0.6 is 31.7 Å². The fourth-order valence-electron chi connectivity index (χ4n) is 9.26. The van der Waals surface area contributed by atoms with E-state index in [1.807, 2.05) is 0 Å². The van der Waals surface area contributed by atoms with Gasteiger partial charge in [0.25, 0.3) is 0 Å². The van der Waals surface area contributed by atoms with Crippen LogP contribution in [0.1, 0.15) is 0 Å². The van der Waals surface area contributed by atoms with Crippen LogP contribution in [0.4, 0.5) is 0 Å². The van der Waals surface area contributed by atoms with Gasteiger partial charge in [0.1, 0.15) is 63.7 Å². The van der Waals surface area contributed by atoms with E-state index >= 15 is 0 Å². The zero-order valence-electron chi connectivity index (χ0n) is 44.2. The predicted molar refractivity (Wildman–Crippen MR) is 360 cm³/mol. The summed E-state index contributed by atoms with van der Waals surface area (Å²) in [6, 6.07) is 130. The number of hydrogen-bond donors (Lipinski definition) is 0. The molecule has 0 amide bonds. The molecular weight excluding hydrogens is 1540 g/mol. The van der Waals surface area contributed by atoms with Crippen LogP contribution in [0.5, 0.6) is 0 Å². The molecule has 0 bridgehead atoms. The Labute approximate surface area is 530 Å². The van der Waals surface area contributed by atoms with E-state index in [4.69, 9.17) is 0 Å². The van der Waals surface area contributed by atoms with Crippen molar-refractivity contribution in [2.75, 3.05) is 0 Å². The van der Waals surface area contributed by atoms with Crippen molar-refractivity contribution in [2.45, 2.75) is 0 Å². The van der Waals surface area contributed by atoms with Gasteiger partial charge in [-0.2, -0.15) is 0 Å². The summed E-state index contributed by atoms with van der Waals surface area (Å²) in [6.07, 6.45) is 0. The second-order valence-electron chi connectivity index (χ2n) is 17.9. The molecule has 0 aliphatic carbocycles. The molecule has 0 spiro atoms. The summed E-state index contributed by atoms with van der Waals surface area (Å²) >= 11 is 0. The van der Waals surface area contributed by atoms with Gasteiger partial charge >= 0.3 is 34.1 Å². The van der Waals surface area contributed by atoms with Crippen LogP contribution < -0.4 is 63.7 Å². The van der Waals surface area contributed by atoms with E-state index in [9.17, 15) is 0 Å². The maximum absolute atomic E-state index is 2.24. The third-order valence-electron chi connectivity index (χ3n) is 12.7. The van der Waals surface area contributed by atoms with Crippen LogP contribution in [-0.2, 0) is 42.1 Å². The van der Waals surface area contributed by atoms with Gasteiger partial charge in [0.15, 0.2) is 0 Å². The molecule has 12 aromatic carbocycles. The molecule has 12 rings (SSSR count). The minimum Gasteiger partial charge on any atom is -0.0620 e. The van der Waals surface area contributed by atoms with Crippen molar-refractivity contribution in [3.05, 3.63) is 364 Å². The number of rotatable bonds is 12. The van der Waals surface area contributed by atoms with Crippen LogP contribution in [-0.4, -0.2) is 34.1 Å². The Balaban J connectivity index is 0.000000193. The number of benzene rings is 12. The minimum absolute atomic E-state index is 0. The average molecular weight is 1600 g/mol. The average Bonchev–Trinajstić information content (AvgIpc) is 3.52. The number of hydrogen-bond acceptors (Lipinski definition) is 0. The Morgan fingerprint density at radius 3 is 0.237 bits per heavy atom. The van der Waals surface area contributed by atoms with Crippen LogP contribution in [0.2, 0.25) is 0 Å². The normalized spacial score (nSPS) is 10.1. The maximum atomic E-state index is 2.24. The van der Waals surface area contributed by atoms with Crippen LogP contribution in [0, 0.1) is 0 Å². The van der Waals surface area contributed by atoms with Crippen molar-refractivity contribution in [3.63, 3.8) is 0 Å². The molecule has 0 nitrogen and oxygen atoms in total. The fraction of sp³-hybridized carbons (Fsp3) is 0. The summed E-state index contributed by atoms with van der Waals surface area (Å²) in [5.74, 6) is 0. The van der Waals surface area contributed by atoms with Gasteiger partial charge in [-0.05, 0) is 146 Å². The van der Waals surface area contributed by atoms with Crippen LogP contribution in [0.3, 0.4) is 0 Å². The quantitative estimate of drug-likeness (QED) is 0.0845. The topological polar surface area (TPSA) is 0 Å². The predicted octanol–water partition coefficient (Wildman–Crippen LogP) is 11.4. The van der Waals surface area contributed by atoms with Gasteiger partial charge in [0, 0.05) is 42.1 Å². The molecule has 400 valence electrons. The van der Waals surface area contributed by atoms with Gasteiger partial charge in [-0.15, -0.1) is 0 Å². The molecule has 8 heteroatoms. The van der Waals surface area contributed by atoms with E-state index in [2.05, 4.69) is 364 Å². The SMILES string of the molecule is [Pt].[Pt].[SeH+].[SeH+].c1ccc([PH+](c2ccccc2)c2ccccc2)cc1.c1ccc([PH+](c2ccccc2)c2ccccc2)cc1.c1ccc([PH+](c2ccccc2)c2ccccc2)cc1.c1ccc([PH+](c2ccccc2)c2ccccc2)cc1. The van der Waals surface area contributed by atoms with E-state index < -0.39 is 31.7 Å². The van der Waals surface area contributed by atoms with Gasteiger partial charge in [-0.1, -0.05) is 218 Å². The Morgan fingerprint density at radius 1 is 0.113 bits per heavy atom. The first kappa shape index (κ1) is 65.6. The Morgan fingerprint density at radius 2 is 0.175 bits per heavy atom. The molecule has 0 heterocycles. The first-order valence-electron chi connectivity index (χ1n) is 25.9. The molecular formula is C72H66P4Pt2Se2+6. The monoisotopic (exact) mass is 1600 g/mol. The van der Waals surface area contributed by atoms with Crippen LogP contribution in [0.15, 0.2) is 364 Å². The van der Waals surface area contributed by atoms with E-state index in [1.54, 1.807) is 0 Å². The Bertz CT molecular complexity index is 2600. The summed E-state index contributed by atoms with van der Waals surface area (Å²) in [6.45, 7) is 0. The van der Waals surface area contributed by atoms with Crippen molar-refractivity contribution >= 4 is 129 Å². The molecule has 0 aromatic heterocycles. The summed E-state index contributed by atoms with van der Waals surface area (Å²) in [7, 11) is -3.51. The molecule has 0 saturated carbocycles. The zero-order valence-corrected chi connectivity index (χ0v) is 56.5. The summed E-state index contributed by atoms with van der Waals surface area (Å²) < 4.78 is 0. The van der Waals surface area contributed by atoms with Crippen molar-refractivity contribution in [1.82, 2.24) is 0 Å². The molecule has 0 fully saturated rings. The molecule has 0 aliphatic heterocycles. The first-order valence-corrected chi connectivity index (χ1v) is 31.9. The smallest absolute Gasteiger partial charge is 0.0620 e. The Hall–Kier alpha value is -5.22. The van der Waals surface area contributed by atoms with Gasteiger partial charge in [-0.3, -0.25) is 0 Å². The summed E-state index contributed by atoms with van der Waals surface area (Å²) in [4.78, 5) is 0. The van der Waals surface area contributed by atoms with Gasteiger partial charge < -0.3 is 0 Å². The molecule has 0 saturated heterocycles. The van der Waals surface area contributed by atoms with Crippen molar-refractivity contribution in [3.8, 4) is 0 Å². The van der Waals surface area contributed by atoms with Gasteiger partial charge in [-0.25, -0.2) is 0 Å². The zero-order chi connectivity index (χ0) is 51.7. The second kappa shape index (κ2) is 37.0. The third kappa shape index (κ3) is 19.5. The summed E-state index contributed by atoms with van der Waals surface area (Å²) in [5.41, 5.74) is 0. The van der Waals surface area contributed by atoms with Crippen molar-refractivity contribution in [2.24, 2.45) is 0 Å². The third-order valence-corrected chi connectivity index (χ3v) is 23.7. The van der Waals surface area contributed by atoms with Crippen LogP contribution in [0.25, 0.3) is 0 Å². The molecule has 12 aromatic rings. The standard InChI is InChI=1S/4C18H15P.2Pt.2HSe/c4*1-4-10-16(11-5-1)19(17-12-6-2-7-13-17)18-14-8-3-9-15-18;;;;/h4*1-15H;;;2*1H/q;;;;;;2*+1/p+4. The van der Waals surface area contributed by atoms with Crippen molar-refractivity contribution in [1.29, 1.82) is 0 Å². The van der Waals surface area contributed by atoms with E-state index in [-0.39, 0.29) is 76.3 Å². The molecule has 4 radical (unpaired) electrons. The maximum Gasteiger partial charge on any atom is 0.102 e. The molecule has 0 unspecified atom stereocenters. The molecule has 0 N–H and O–H groups in total. The molecule has 0 aliphatic rings. The minimum atomic E-state index is -0.877. The fourth-order valence-corrected chi connectivity index (χ4v) is 19.6. The first-order chi connectivity index (χ1) is 37.8.